The molecule has 2 atom stereocenters. The van der Waals surface area contributed by atoms with Crippen molar-refractivity contribution in [3.8, 4) is 23.7 Å². The molecule has 1 aliphatic heterocycles. The Morgan fingerprint density at radius 2 is 1.93 bits per heavy atom. The Morgan fingerprint density at radius 1 is 1.15 bits per heavy atom. The molecule has 1 heterocycles. The van der Waals surface area contributed by atoms with Gasteiger partial charge in [-0.15, -0.1) is 6.58 Å². The van der Waals surface area contributed by atoms with Crippen LogP contribution in [0.25, 0.3) is 0 Å². The molecular formula is C24H34O3. The molecule has 3 nitrogen and oxygen atoms in total. The fourth-order valence-corrected chi connectivity index (χ4v) is 3.10. The molecular weight excluding hydrogens is 336 g/mol. The molecule has 1 aliphatic rings. The lowest BCUT2D eigenvalue weighted by atomic mass is 9.97. The maximum absolute atomic E-state index is 11.7. The van der Waals surface area contributed by atoms with E-state index in [9.17, 15) is 4.79 Å². The van der Waals surface area contributed by atoms with Gasteiger partial charge in [0.15, 0.2) is 0 Å². The van der Waals surface area contributed by atoms with E-state index in [0.29, 0.717) is 6.61 Å². The highest BCUT2D eigenvalue weighted by Gasteiger charge is 2.33. The molecule has 0 aliphatic carbocycles. The highest BCUT2D eigenvalue weighted by atomic mass is 16.6. The number of allylic oxidation sites excluding steroid dienone is 3. The van der Waals surface area contributed by atoms with E-state index in [0.717, 1.165) is 44.9 Å². The molecule has 0 N–H and O–H groups in total. The number of methoxy groups -OCH3 is 1. The summed E-state index contributed by atoms with van der Waals surface area (Å²) in [5, 5.41) is 0. The zero-order valence-electron chi connectivity index (χ0n) is 16.8. The molecule has 3 heteroatoms. The summed E-state index contributed by atoms with van der Waals surface area (Å²) >= 11 is 0. The van der Waals surface area contributed by atoms with E-state index in [1.807, 2.05) is 18.2 Å². The average molecular weight is 371 g/mol. The average Bonchev–Trinajstić information content (AvgIpc) is 3.01. The third-order valence-electron chi connectivity index (χ3n) is 4.58. The van der Waals surface area contributed by atoms with Crippen molar-refractivity contribution in [1.82, 2.24) is 0 Å². The van der Waals surface area contributed by atoms with Crippen molar-refractivity contribution in [1.29, 1.82) is 0 Å². The summed E-state index contributed by atoms with van der Waals surface area (Å²) in [6, 6.07) is 0. The van der Waals surface area contributed by atoms with Crippen LogP contribution in [0.4, 0.5) is 0 Å². The van der Waals surface area contributed by atoms with Gasteiger partial charge < -0.3 is 9.47 Å². The van der Waals surface area contributed by atoms with E-state index in [-0.39, 0.29) is 18.0 Å². The summed E-state index contributed by atoms with van der Waals surface area (Å²) in [6.07, 6.45) is 17.6. The summed E-state index contributed by atoms with van der Waals surface area (Å²) in [5.41, 5.74) is 0. The Balaban J connectivity index is 1.93. The van der Waals surface area contributed by atoms with Crippen molar-refractivity contribution in [2.24, 2.45) is 5.92 Å². The molecule has 1 rings (SSSR count). The largest absolute Gasteiger partial charge is 0.460 e. The standard InChI is InChI=1S/C24H34O3/c1-3-4-5-6-7-8-9-10-11-12-13-14-15-16-17-18-19-22-20-23(21-26-2)27-24(22)25/h3,6-7,22-23H,1,4-5,12-21H2,2H3/b7-6-/t22-,23+/m1/s1. The van der Waals surface area contributed by atoms with Crippen LogP contribution in [0.3, 0.4) is 0 Å². The topological polar surface area (TPSA) is 35.5 Å². The van der Waals surface area contributed by atoms with E-state index < -0.39 is 0 Å². The highest BCUT2D eigenvalue weighted by Crippen LogP contribution is 2.26. The van der Waals surface area contributed by atoms with Crippen LogP contribution in [-0.2, 0) is 14.3 Å². The van der Waals surface area contributed by atoms with Crippen LogP contribution < -0.4 is 0 Å². The highest BCUT2D eigenvalue weighted by molar-refractivity contribution is 5.74. The molecule has 148 valence electrons. The van der Waals surface area contributed by atoms with Gasteiger partial charge in [-0.05, 0) is 50.0 Å². The van der Waals surface area contributed by atoms with Gasteiger partial charge in [-0.25, -0.2) is 0 Å². The minimum atomic E-state index is -0.0361. The second-order valence-electron chi connectivity index (χ2n) is 6.95. The molecule has 0 amide bonds. The van der Waals surface area contributed by atoms with Gasteiger partial charge in [-0.2, -0.15) is 0 Å². The molecule has 0 spiro atoms. The number of ether oxygens (including phenoxy) is 2. The lowest BCUT2D eigenvalue weighted by Crippen LogP contribution is -2.13. The number of cyclic esters (lactones) is 1. The summed E-state index contributed by atoms with van der Waals surface area (Å²) in [6.45, 7) is 4.20. The second-order valence-corrected chi connectivity index (χ2v) is 6.95. The third-order valence-corrected chi connectivity index (χ3v) is 4.58. The third kappa shape index (κ3) is 12.1. The summed E-state index contributed by atoms with van der Waals surface area (Å²) < 4.78 is 10.4. The van der Waals surface area contributed by atoms with Crippen molar-refractivity contribution >= 4 is 5.97 Å². The number of carbonyl (C=O) groups excluding carboxylic acids is 1. The van der Waals surface area contributed by atoms with Gasteiger partial charge in [0.1, 0.15) is 6.10 Å². The minimum absolute atomic E-state index is 0.0356. The van der Waals surface area contributed by atoms with Gasteiger partial charge in [-0.3, -0.25) is 4.79 Å². The summed E-state index contributed by atoms with van der Waals surface area (Å²) in [4.78, 5) is 11.7. The van der Waals surface area contributed by atoms with Gasteiger partial charge in [-0.1, -0.05) is 56.1 Å². The zero-order chi connectivity index (χ0) is 19.6. The minimum Gasteiger partial charge on any atom is -0.460 e. The summed E-state index contributed by atoms with van der Waals surface area (Å²) in [7, 11) is 1.64. The predicted molar refractivity (Wildman–Crippen MR) is 111 cm³/mol. The maximum atomic E-state index is 11.7. The quantitative estimate of drug-likeness (QED) is 0.193. The van der Waals surface area contributed by atoms with Crippen LogP contribution >= 0.6 is 0 Å². The van der Waals surface area contributed by atoms with Crippen LogP contribution in [-0.4, -0.2) is 25.8 Å². The van der Waals surface area contributed by atoms with E-state index in [1.54, 1.807) is 7.11 Å². The molecule has 0 aromatic heterocycles. The van der Waals surface area contributed by atoms with Crippen LogP contribution in [0.15, 0.2) is 24.8 Å². The van der Waals surface area contributed by atoms with E-state index in [2.05, 4.69) is 30.3 Å². The first kappa shape index (κ1) is 23.1. The van der Waals surface area contributed by atoms with Gasteiger partial charge in [0.2, 0.25) is 0 Å². The second kappa shape index (κ2) is 16.2. The normalized spacial score (nSPS) is 18.5. The molecule has 0 saturated carbocycles. The lowest BCUT2D eigenvalue weighted by molar-refractivity contribution is -0.145. The SMILES string of the molecule is C=CCC/C=C\C#CC#CCCCCCCCC[C@@H]1C[C@@H](COC)OC1=O. The Hall–Kier alpha value is -1.97. The number of carbonyl (C=O) groups is 1. The van der Waals surface area contributed by atoms with Crippen molar-refractivity contribution < 1.29 is 14.3 Å². The summed E-state index contributed by atoms with van der Waals surface area (Å²) in [5.74, 6) is 11.8. The maximum Gasteiger partial charge on any atom is 0.309 e. The van der Waals surface area contributed by atoms with Crippen molar-refractivity contribution in [2.75, 3.05) is 13.7 Å². The van der Waals surface area contributed by atoms with Gasteiger partial charge in [0, 0.05) is 13.5 Å². The molecule has 1 fully saturated rings. The molecule has 0 aromatic carbocycles. The Labute approximate surface area is 165 Å². The molecule has 1 saturated heterocycles. The fourth-order valence-electron chi connectivity index (χ4n) is 3.10. The Morgan fingerprint density at radius 3 is 2.70 bits per heavy atom. The van der Waals surface area contributed by atoms with Crippen LogP contribution in [0.2, 0.25) is 0 Å². The van der Waals surface area contributed by atoms with E-state index in [1.165, 1.54) is 25.7 Å². The van der Waals surface area contributed by atoms with Crippen LogP contribution in [0, 0.1) is 29.6 Å². The molecule has 0 radical (unpaired) electrons. The predicted octanol–water partition coefficient (Wildman–Crippen LogP) is 5.21. The van der Waals surface area contributed by atoms with Crippen LogP contribution in [0.5, 0.6) is 0 Å². The van der Waals surface area contributed by atoms with E-state index in [4.69, 9.17) is 9.47 Å². The van der Waals surface area contributed by atoms with Crippen molar-refractivity contribution in [3.05, 3.63) is 24.8 Å². The van der Waals surface area contributed by atoms with Crippen LogP contribution in [0.1, 0.15) is 70.6 Å². The van der Waals surface area contributed by atoms with Gasteiger partial charge in [0.05, 0.1) is 12.5 Å². The monoisotopic (exact) mass is 370 g/mol. The number of rotatable bonds is 13. The smallest absolute Gasteiger partial charge is 0.309 e. The van der Waals surface area contributed by atoms with Gasteiger partial charge >= 0.3 is 5.97 Å². The van der Waals surface area contributed by atoms with E-state index >= 15 is 0 Å². The Kier molecular flexibility index (Phi) is 13.9. The number of unbranched alkanes of at least 4 members (excludes halogenated alkanes) is 7. The number of esters is 1. The first-order chi connectivity index (χ1) is 13.3. The lowest BCUT2D eigenvalue weighted by Gasteiger charge is -2.06. The zero-order valence-corrected chi connectivity index (χ0v) is 16.8. The van der Waals surface area contributed by atoms with Crippen molar-refractivity contribution in [3.63, 3.8) is 0 Å². The molecule has 0 unspecified atom stereocenters. The van der Waals surface area contributed by atoms with Gasteiger partial charge in [0.25, 0.3) is 0 Å². The number of hydrogen-bond donors (Lipinski definition) is 0. The molecule has 0 aromatic rings. The Bertz CT molecular complexity index is 568. The first-order valence-electron chi connectivity index (χ1n) is 10.2. The fraction of sp³-hybridized carbons (Fsp3) is 0.625. The first-order valence-corrected chi connectivity index (χ1v) is 10.2. The molecule has 0 bridgehead atoms. The molecule has 27 heavy (non-hydrogen) atoms. The number of hydrogen-bond acceptors (Lipinski definition) is 3. The van der Waals surface area contributed by atoms with Crippen molar-refractivity contribution in [2.45, 2.75) is 76.7 Å².